The Hall–Kier alpha value is -3.75. The number of benzene rings is 2. The van der Waals surface area contributed by atoms with Crippen LogP contribution in [0, 0.1) is 15.9 Å². The van der Waals surface area contributed by atoms with Crippen molar-refractivity contribution in [3.8, 4) is 11.5 Å². The first-order valence-electron chi connectivity index (χ1n) is 8.05. The van der Waals surface area contributed by atoms with E-state index in [-0.39, 0.29) is 22.6 Å². The molecule has 0 saturated carbocycles. The fraction of sp³-hybridized carbons (Fsp3) is 0.158. The Bertz CT molecular complexity index is 974. The van der Waals surface area contributed by atoms with Gasteiger partial charge in [-0.25, -0.2) is 14.0 Å². The first-order valence-corrected chi connectivity index (χ1v) is 8.05. The maximum Gasteiger partial charge on any atom is 0.348 e. The lowest BCUT2D eigenvalue weighted by molar-refractivity contribution is -0.385. The van der Waals surface area contributed by atoms with Crippen LogP contribution in [0.3, 0.4) is 0 Å². The summed E-state index contributed by atoms with van der Waals surface area (Å²) in [5.41, 5.74) is -0.598. The van der Waals surface area contributed by atoms with Crippen LogP contribution >= 0.6 is 0 Å². The molecule has 0 spiro atoms. The molecule has 0 atom stereocenters. The molecular weight excluding hydrogens is 373 g/mol. The summed E-state index contributed by atoms with van der Waals surface area (Å²) in [5, 5.41) is 11.4. The zero-order valence-electron chi connectivity index (χ0n) is 14.8. The largest absolute Gasteiger partial charge is 0.450 e. The molecule has 0 aliphatic carbocycles. The van der Waals surface area contributed by atoms with Gasteiger partial charge in [0.2, 0.25) is 5.75 Å². The molecule has 2 aromatic carbocycles. The highest BCUT2D eigenvalue weighted by atomic mass is 19.1. The van der Waals surface area contributed by atoms with Crippen LogP contribution in [0.1, 0.15) is 19.4 Å². The number of carbonyl (C=O) groups excluding carboxylic acids is 2. The minimum absolute atomic E-state index is 0.0892. The zero-order chi connectivity index (χ0) is 20.5. The van der Waals surface area contributed by atoms with E-state index in [2.05, 4.69) is 0 Å². The van der Waals surface area contributed by atoms with E-state index >= 15 is 0 Å². The monoisotopic (exact) mass is 387 g/mol. The molecule has 0 amide bonds. The van der Waals surface area contributed by atoms with Gasteiger partial charge in [0, 0.05) is 19.9 Å². The molecule has 1 aliphatic rings. The van der Waals surface area contributed by atoms with Crippen LogP contribution in [0.4, 0.5) is 10.1 Å². The molecule has 9 heteroatoms. The lowest BCUT2D eigenvalue weighted by Gasteiger charge is -2.29. The first-order chi connectivity index (χ1) is 13.1. The van der Waals surface area contributed by atoms with Gasteiger partial charge in [-0.2, -0.15) is 0 Å². The fourth-order valence-corrected chi connectivity index (χ4v) is 2.43. The predicted molar refractivity (Wildman–Crippen MR) is 93.8 cm³/mol. The number of ether oxygens (including phenoxy) is 3. The lowest BCUT2D eigenvalue weighted by Crippen LogP contribution is -2.41. The van der Waals surface area contributed by atoms with Gasteiger partial charge in [-0.15, -0.1) is 0 Å². The third-order valence-electron chi connectivity index (χ3n) is 3.65. The number of esters is 2. The van der Waals surface area contributed by atoms with Gasteiger partial charge in [0.25, 0.3) is 5.79 Å². The number of hydrogen-bond acceptors (Lipinski definition) is 7. The van der Waals surface area contributed by atoms with Gasteiger partial charge in [0.1, 0.15) is 17.1 Å². The Labute approximate surface area is 158 Å². The maximum atomic E-state index is 13.0. The van der Waals surface area contributed by atoms with E-state index in [4.69, 9.17) is 14.2 Å². The molecule has 144 valence electrons. The minimum Gasteiger partial charge on any atom is -0.450 e. The summed E-state index contributed by atoms with van der Waals surface area (Å²) in [6.07, 6.45) is 1.13. The van der Waals surface area contributed by atoms with Crippen molar-refractivity contribution in [2.24, 2.45) is 0 Å². The summed E-state index contributed by atoms with van der Waals surface area (Å²) in [6.45, 7) is 2.82. The number of carbonyl (C=O) groups is 2. The minimum atomic E-state index is -1.38. The van der Waals surface area contributed by atoms with Crippen LogP contribution in [0.2, 0.25) is 0 Å². The van der Waals surface area contributed by atoms with Crippen LogP contribution in [0.25, 0.3) is 6.08 Å². The van der Waals surface area contributed by atoms with E-state index in [1.807, 2.05) is 0 Å². The fourth-order valence-electron chi connectivity index (χ4n) is 2.43. The number of nitro groups is 1. The quantitative estimate of drug-likeness (QED) is 0.259. The highest BCUT2D eigenvalue weighted by molar-refractivity contribution is 6.18. The van der Waals surface area contributed by atoms with Gasteiger partial charge < -0.3 is 14.2 Å². The van der Waals surface area contributed by atoms with E-state index in [9.17, 15) is 24.1 Å². The molecule has 2 aromatic rings. The molecule has 3 rings (SSSR count). The lowest BCUT2D eigenvalue weighted by atomic mass is 10.1. The van der Waals surface area contributed by atoms with Gasteiger partial charge >= 0.3 is 17.6 Å². The molecule has 0 aromatic heterocycles. The molecule has 0 unspecified atom stereocenters. The summed E-state index contributed by atoms with van der Waals surface area (Å²) in [4.78, 5) is 34.7. The summed E-state index contributed by atoms with van der Waals surface area (Å²) >= 11 is 0. The van der Waals surface area contributed by atoms with Crippen molar-refractivity contribution in [2.75, 3.05) is 0 Å². The van der Waals surface area contributed by atoms with Crippen LogP contribution in [0.5, 0.6) is 11.5 Å². The molecule has 28 heavy (non-hydrogen) atoms. The second-order valence-corrected chi connectivity index (χ2v) is 6.28. The van der Waals surface area contributed by atoms with Crippen molar-refractivity contribution in [3.05, 3.63) is 69.5 Å². The van der Waals surface area contributed by atoms with Gasteiger partial charge in [-0.1, -0.05) is 6.07 Å². The normalized spacial score (nSPS) is 15.5. The molecule has 1 heterocycles. The molecule has 1 fully saturated rings. The van der Waals surface area contributed by atoms with Crippen molar-refractivity contribution in [1.82, 2.24) is 0 Å². The van der Waals surface area contributed by atoms with Crippen LogP contribution in [-0.2, 0) is 19.1 Å². The Morgan fingerprint density at radius 3 is 2.25 bits per heavy atom. The topological polar surface area (TPSA) is 105 Å². The number of nitro benzene ring substituents is 1. The molecule has 8 nitrogen and oxygen atoms in total. The van der Waals surface area contributed by atoms with E-state index in [0.29, 0.717) is 0 Å². The summed E-state index contributed by atoms with van der Waals surface area (Å²) in [6, 6.07) is 8.81. The summed E-state index contributed by atoms with van der Waals surface area (Å²) < 4.78 is 28.4. The molecule has 1 aliphatic heterocycles. The summed E-state index contributed by atoms with van der Waals surface area (Å²) in [5.74, 6) is -3.53. The van der Waals surface area contributed by atoms with E-state index < -0.39 is 34.2 Å². The maximum absolute atomic E-state index is 13.0. The Morgan fingerprint density at radius 1 is 1.07 bits per heavy atom. The first kappa shape index (κ1) is 19.0. The van der Waals surface area contributed by atoms with Crippen molar-refractivity contribution in [2.45, 2.75) is 19.6 Å². The Kier molecular flexibility index (Phi) is 4.83. The highest BCUT2D eigenvalue weighted by Crippen LogP contribution is 2.33. The SMILES string of the molecule is CC1(C)OC(=O)C(=Cc2ccc(Oc3ccc(F)cc3)c([N+](=O)[O-])c2)C(=O)O1. The van der Waals surface area contributed by atoms with E-state index in [0.717, 1.165) is 24.3 Å². The predicted octanol–water partition coefficient (Wildman–Crippen LogP) is 3.75. The van der Waals surface area contributed by atoms with Crippen molar-refractivity contribution >= 4 is 23.7 Å². The zero-order valence-corrected chi connectivity index (χ0v) is 14.8. The second-order valence-electron chi connectivity index (χ2n) is 6.28. The van der Waals surface area contributed by atoms with Crippen molar-refractivity contribution in [3.63, 3.8) is 0 Å². The highest BCUT2D eigenvalue weighted by Gasteiger charge is 2.38. The Balaban J connectivity index is 1.93. The van der Waals surface area contributed by atoms with Crippen LogP contribution in [-0.4, -0.2) is 22.6 Å². The molecule has 0 radical (unpaired) electrons. The average molecular weight is 387 g/mol. The third-order valence-corrected chi connectivity index (χ3v) is 3.65. The van der Waals surface area contributed by atoms with Crippen LogP contribution < -0.4 is 4.74 Å². The summed E-state index contributed by atoms with van der Waals surface area (Å²) in [7, 11) is 0. The number of nitrogens with zero attached hydrogens (tertiary/aromatic N) is 1. The third kappa shape index (κ3) is 4.14. The Morgan fingerprint density at radius 2 is 1.68 bits per heavy atom. The number of halogens is 1. The average Bonchev–Trinajstić information content (AvgIpc) is 2.60. The molecule has 1 saturated heterocycles. The van der Waals surface area contributed by atoms with Crippen molar-refractivity contribution in [1.29, 1.82) is 0 Å². The van der Waals surface area contributed by atoms with Gasteiger partial charge in [-0.05, 0) is 42.0 Å². The second kappa shape index (κ2) is 7.10. The number of hydrogen-bond donors (Lipinski definition) is 0. The van der Waals surface area contributed by atoms with E-state index in [1.165, 1.54) is 38.1 Å². The number of rotatable bonds is 4. The van der Waals surface area contributed by atoms with E-state index in [1.54, 1.807) is 0 Å². The van der Waals surface area contributed by atoms with Gasteiger partial charge in [0.05, 0.1) is 4.92 Å². The van der Waals surface area contributed by atoms with Gasteiger partial charge in [-0.3, -0.25) is 10.1 Å². The number of cyclic esters (lactones) is 2. The van der Waals surface area contributed by atoms with Crippen LogP contribution in [0.15, 0.2) is 48.0 Å². The molecular formula is C19H14FNO7. The molecule has 0 bridgehead atoms. The standard InChI is InChI=1S/C19H14FNO7/c1-19(2)27-17(22)14(18(23)28-19)9-11-3-8-16(15(10-11)21(24)25)26-13-6-4-12(20)5-7-13/h3-10H,1-2H3. The smallest absolute Gasteiger partial charge is 0.348 e. The van der Waals surface area contributed by atoms with Gasteiger partial charge in [0.15, 0.2) is 0 Å². The van der Waals surface area contributed by atoms with Crippen molar-refractivity contribution < 1.29 is 33.1 Å². The molecule has 0 N–H and O–H groups in total.